The highest BCUT2D eigenvalue weighted by Crippen LogP contribution is 2.21. The highest BCUT2D eigenvalue weighted by atomic mass is 28.3. The maximum atomic E-state index is 5.73. The van der Waals surface area contributed by atoms with Gasteiger partial charge in [-0.2, -0.15) is 0 Å². The van der Waals surface area contributed by atoms with Crippen LogP contribution >= 0.6 is 0 Å². The second-order valence-corrected chi connectivity index (χ2v) is 9.86. The van der Waals surface area contributed by atoms with Crippen molar-refractivity contribution in [3.8, 4) is 0 Å². The van der Waals surface area contributed by atoms with E-state index in [1.807, 2.05) is 0 Å². The zero-order chi connectivity index (χ0) is 15.0. The van der Waals surface area contributed by atoms with E-state index >= 15 is 0 Å². The van der Waals surface area contributed by atoms with E-state index in [0.717, 1.165) is 24.1 Å². The molecule has 1 unspecified atom stereocenters. The minimum atomic E-state index is -0.405. The summed E-state index contributed by atoms with van der Waals surface area (Å²) in [6.07, 6.45) is 7.89. The van der Waals surface area contributed by atoms with Crippen LogP contribution in [0.5, 0.6) is 0 Å². The van der Waals surface area contributed by atoms with Gasteiger partial charge in [0.05, 0.1) is 15.4 Å². The Balaban J connectivity index is 2.36. The van der Waals surface area contributed by atoms with E-state index < -0.39 is 8.80 Å². The molecule has 0 spiro atoms. The van der Waals surface area contributed by atoms with Crippen molar-refractivity contribution >= 4 is 8.80 Å². The van der Waals surface area contributed by atoms with E-state index in [4.69, 9.17) is 9.47 Å². The monoisotopic (exact) mass is 295 g/mol. The van der Waals surface area contributed by atoms with Crippen LogP contribution in [0.4, 0.5) is 0 Å². The van der Waals surface area contributed by atoms with Gasteiger partial charge in [-0.15, -0.1) is 0 Å². The molecule has 115 valence electrons. The van der Waals surface area contributed by atoms with Gasteiger partial charge < -0.3 is 9.47 Å². The Hall–Kier alpha value is -0.383. The normalized spacial score (nSPS) is 21.6. The lowest BCUT2D eigenvalue weighted by Crippen LogP contribution is -2.22. The largest absolute Gasteiger partial charge is 0.353 e. The summed E-state index contributed by atoms with van der Waals surface area (Å²) in [5.41, 5.74) is 5.32. The number of hydrogen-bond acceptors (Lipinski definition) is 2. The van der Waals surface area contributed by atoms with Gasteiger partial charge in [-0.05, 0) is 37.3 Å². The molecular formula is C17H31O2Si. The molecule has 0 bridgehead atoms. The lowest BCUT2D eigenvalue weighted by atomic mass is 10.2. The fourth-order valence-corrected chi connectivity index (χ4v) is 5.04. The quantitative estimate of drug-likeness (QED) is 0.492. The summed E-state index contributed by atoms with van der Waals surface area (Å²) in [6, 6.07) is 0. The van der Waals surface area contributed by atoms with Crippen LogP contribution in [0.3, 0.4) is 0 Å². The number of allylic oxidation sites excluding steroid dienone is 2. The number of hydrogen-bond donors (Lipinski definition) is 0. The molecule has 1 radical (unpaired) electrons. The first-order valence-corrected chi connectivity index (χ1v) is 9.68. The van der Waals surface area contributed by atoms with Crippen molar-refractivity contribution in [1.29, 1.82) is 0 Å². The predicted molar refractivity (Wildman–Crippen MR) is 88.4 cm³/mol. The van der Waals surface area contributed by atoms with E-state index in [2.05, 4.69) is 52.5 Å². The molecule has 1 heterocycles. The van der Waals surface area contributed by atoms with E-state index in [9.17, 15) is 0 Å². The van der Waals surface area contributed by atoms with Crippen LogP contribution in [-0.4, -0.2) is 28.3 Å². The van der Waals surface area contributed by atoms with Gasteiger partial charge in [0.15, 0.2) is 6.29 Å². The van der Waals surface area contributed by atoms with Gasteiger partial charge in [-0.1, -0.05) is 51.1 Å². The molecule has 1 atom stereocenters. The van der Waals surface area contributed by atoms with Crippen molar-refractivity contribution in [2.45, 2.75) is 71.3 Å². The van der Waals surface area contributed by atoms with Crippen molar-refractivity contribution in [2.24, 2.45) is 0 Å². The fraction of sp³-hybridized carbons (Fsp3) is 0.765. The Morgan fingerprint density at radius 2 is 1.95 bits per heavy atom. The zero-order valence-electron chi connectivity index (χ0n) is 13.8. The molecule has 0 N–H and O–H groups in total. The van der Waals surface area contributed by atoms with Crippen LogP contribution in [0.1, 0.15) is 53.9 Å². The summed E-state index contributed by atoms with van der Waals surface area (Å²) in [4.78, 5) is 0. The van der Waals surface area contributed by atoms with E-state index in [1.165, 1.54) is 18.4 Å². The average molecular weight is 296 g/mol. The Bertz CT molecular complexity index is 307. The Kier molecular flexibility index (Phi) is 8.42. The van der Waals surface area contributed by atoms with Crippen LogP contribution in [0.2, 0.25) is 11.1 Å². The maximum absolute atomic E-state index is 5.73. The van der Waals surface area contributed by atoms with Crippen molar-refractivity contribution in [2.75, 3.05) is 13.2 Å². The van der Waals surface area contributed by atoms with E-state index in [0.29, 0.717) is 6.61 Å². The van der Waals surface area contributed by atoms with Gasteiger partial charge in [0.2, 0.25) is 0 Å². The molecule has 1 rings (SSSR count). The molecule has 1 aliphatic rings. The first-order valence-electron chi connectivity index (χ1n) is 7.95. The molecule has 0 saturated carbocycles. The molecule has 2 nitrogen and oxygen atoms in total. The Labute approximate surface area is 126 Å². The molecule has 1 fully saturated rings. The molecule has 1 aliphatic heterocycles. The van der Waals surface area contributed by atoms with Crippen LogP contribution in [0, 0.1) is 0 Å². The van der Waals surface area contributed by atoms with Crippen LogP contribution < -0.4 is 0 Å². The third-order valence-corrected chi connectivity index (χ3v) is 6.92. The summed E-state index contributed by atoms with van der Waals surface area (Å²) < 4.78 is 11.3. The van der Waals surface area contributed by atoms with E-state index in [1.54, 1.807) is 0 Å². The molecule has 0 aliphatic carbocycles. The fourth-order valence-electron chi connectivity index (χ4n) is 2.48. The number of rotatable bonds is 7. The molecule has 0 amide bonds. The summed E-state index contributed by atoms with van der Waals surface area (Å²) in [5, 5.41) is 0. The van der Waals surface area contributed by atoms with Crippen molar-refractivity contribution < 1.29 is 9.47 Å². The molecule has 20 heavy (non-hydrogen) atoms. The van der Waals surface area contributed by atoms with Gasteiger partial charge in [0.1, 0.15) is 0 Å². The topological polar surface area (TPSA) is 18.5 Å². The average Bonchev–Trinajstić information content (AvgIpc) is 2.39. The smallest absolute Gasteiger partial charge is 0.157 e. The lowest BCUT2D eigenvalue weighted by Gasteiger charge is -2.22. The SMILES string of the molecule is CC(/C=C\[Si](C(C)C)C(C)C)=C\COC1CCCCO1. The summed E-state index contributed by atoms with van der Waals surface area (Å²) in [6.45, 7) is 13.0. The second-order valence-electron chi connectivity index (χ2n) is 6.22. The van der Waals surface area contributed by atoms with Gasteiger partial charge in [0.25, 0.3) is 0 Å². The zero-order valence-corrected chi connectivity index (χ0v) is 14.8. The van der Waals surface area contributed by atoms with Crippen LogP contribution in [-0.2, 0) is 9.47 Å². The van der Waals surface area contributed by atoms with Crippen LogP contribution in [0.15, 0.2) is 23.4 Å². The van der Waals surface area contributed by atoms with E-state index in [-0.39, 0.29) is 6.29 Å². The maximum Gasteiger partial charge on any atom is 0.157 e. The summed E-state index contributed by atoms with van der Waals surface area (Å²) >= 11 is 0. The first-order chi connectivity index (χ1) is 9.50. The molecule has 1 saturated heterocycles. The standard InChI is InChI=1S/C17H31O2Si/c1-14(2)20(15(3)4)13-10-16(5)9-12-19-17-8-6-7-11-18-17/h9-10,13-15,17H,6-8,11-12H2,1-5H3/b13-10-,16-9+. The predicted octanol–water partition coefficient (Wildman–Crippen LogP) is 4.89. The lowest BCUT2D eigenvalue weighted by molar-refractivity contribution is -0.155. The molecule has 0 aromatic rings. The second kappa shape index (κ2) is 9.53. The summed E-state index contributed by atoms with van der Waals surface area (Å²) in [7, 11) is -0.405. The van der Waals surface area contributed by atoms with Crippen molar-refractivity contribution in [3.05, 3.63) is 23.4 Å². The van der Waals surface area contributed by atoms with Gasteiger partial charge in [-0.25, -0.2) is 0 Å². The van der Waals surface area contributed by atoms with Gasteiger partial charge in [0, 0.05) is 6.61 Å². The third-order valence-electron chi connectivity index (χ3n) is 3.70. The minimum absolute atomic E-state index is 0.0164. The van der Waals surface area contributed by atoms with Crippen molar-refractivity contribution in [3.63, 3.8) is 0 Å². The Morgan fingerprint density at radius 1 is 1.25 bits per heavy atom. The van der Waals surface area contributed by atoms with Crippen LogP contribution in [0.25, 0.3) is 0 Å². The summed E-state index contributed by atoms with van der Waals surface area (Å²) in [5.74, 6) is 0. The van der Waals surface area contributed by atoms with Crippen molar-refractivity contribution in [1.82, 2.24) is 0 Å². The van der Waals surface area contributed by atoms with Gasteiger partial charge in [-0.3, -0.25) is 0 Å². The highest BCUT2D eigenvalue weighted by Gasteiger charge is 2.16. The Morgan fingerprint density at radius 3 is 2.50 bits per heavy atom. The van der Waals surface area contributed by atoms with Gasteiger partial charge >= 0.3 is 0 Å². The molecule has 0 aromatic carbocycles. The number of ether oxygens (including phenoxy) is 2. The first kappa shape index (κ1) is 17.7. The highest BCUT2D eigenvalue weighted by molar-refractivity contribution is 6.67. The molecular weight excluding hydrogens is 264 g/mol. The molecule has 0 aromatic heterocycles. The molecule has 3 heteroatoms. The third kappa shape index (κ3) is 6.87. The minimum Gasteiger partial charge on any atom is -0.353 e.